The lowest BCUT2D eigenvalue weighted by Crippen LogP contribution is -2.37. The predicted molar refractivity (Wildman–Crippen MR) is 108 cm³/mol. The number of aromatic amines is 1. The number of Topliss-reactive ketones (excluding diaryl/α,β-unsaturated/α-hetero) is 2. The first-order valence-corrected chi connectivity index (χ1v) is 9.79. The van der Waals surface area contributed by atoms with Crippen LogP contribution in [0.15, 0.2) is 38.8 Å². The second kappa shape index (κ2) is 9.87. The molecule has 0 aliphatic carbocycles. The zero-order valence-electron chi connectivity index (χ0n) is 16.0. The van der Waals surface area contributed by atoms with Gasteiger partial charge in [-0.05, 0) is 25.5 Å². The van der Waals surface area contributed by atoms with Crippen molar-refractivity contribution < 1.29 is 19.1 Å². The maximum atomic E-state index is 12.4. The van der Waals surface area contributed by atoms with E-state index in [2.05, 4.69) is 0 Å². The zero-order chi connectivity index (χ0) is 21.6. The molecule has 2 aromatic rings. The molecule has 0 aliphatic rings. The molecule has 10 heteroatoms. The summed E-state index contributed by atoms with van der Waals surface area (Å²) in [4.78, 5) is 62.5. The number of nitrogen functional groups attached to an aromatic ring is 1. The Morgan fingerprint density at radius 2 is 1.90 bits per heavy atom. The van der Waals surface area contributed by atoms with Crippen LogP contribution in [-0.4, -0.2) is 39.4 Å². The van der Waals surface area contributed by atoms with Crippen molar-refractivity contribution in [1.29, 1.82) is 0 Å². The van der Waals surface area contributed by atoms with Gasteiger partial charge in [-0.1, -0.05) is 19.1 Å². The number of aromatic nitrogens is 2. The molecule has 0 fully saturated rings. The Balaban J connectivity index is 2.19. The average Bonchev–Trinajstić information content (AvgIpc) is 2.67. The third-order valence-corrected chi connectivity index (χ3v) is 5.06. The molecule has 0 bridgehead atoms. The van der Waals surface area contributed by atoms with Crippen molar-refractivity contribution in [2.24, 2.45) is 0 Å². The molecule has 0 aliphatic heterocycles. The maximum Gasteiger partial charge on any atom is 0.339 e. The molecule has 2 rings (SSSR count). The van der Waals surface area contributed by atoms with Crippen molar-refractivity contribution in [3.63, 3.8) is 0 Å². The minimum atomic E-state index is -0.932. The van der Waals surface area contributed by atoms with Gasteiger partial charge >= 0.3 is 11.7 Å². The number of H-pyrrole nitrogens is 1. The normalized spacial score (nSPS) is 10.6. The lowest BCUT2D eigenvalue weighted by Gasteiger charge is -2.12. The Morgan fingerprint density at radius 1 is 1.21 bits per heavy atom. The summed E-state index contributed by atoms with van der Waals surface area (Å²) in [5.74, 6) is -1.73. The van der Waals surface area contributed by atoms with Crippen LogP contribution >= 0.6 is 11.8 Å². The molecule has 3 N–H and O–H groups in total. The van der Waals surface area contributed by atoms with E-state index in [1.165, 1.54) is 24.8 Å². The Morgan fingerprint density at radius 3 is 2.55 bits per heavy atom. The van der Waals surface area contributed by atoms with Gasteiger partial charge in [-0.15, -0.1) is 11.8 Å². The number of hydrogen-bond acceptors (Lipinski definition) is 8. The van der Waals surface area contributed by atoms with Gasteiger partial charge in [-0.3, -0.25) is 23.9 Å². The molecule has 9 nitrogen and oxygen atoms in total. The maximum absolute atomic E-state index is 12.4. The number of esters is 1. The SMILES string of the molecule is CCCn1c(N)c(C(=O)COC(=O)c2ccccc2SCC(C)=O)c(=O)[nH]c1=O. The second-order valence-electron chi connectivity index (χ2n) is 6.16. The number of carbonyl (C=O) groups is 3. The third-order valence-electron chi connectivity index (χ3n) is 3.84. The highest BCUT2D eigenvalue weighted by atomic mass is 32.2. The van der Waals surface area contributed by atoms with Gasteiger partial charge in [0.15, 0.2) is 6.61 Å². The summed E-state index contributed by atoms with van der Waals surface area (Å²) in [6.07, 6.45) is 0.563. The molecule has 0 saturated heterocycles. The summed E-state index contributed by atoms with van der Waals surface area (Å²) in [5, 5.41) is 0. The summed E-state index contributed by atoms with van der Waals surface area (Å²) in [7, 11) is 0. The number of benzene rings is 1. The lowest BCUT2D eigenvalue weighted by molar-refractivity contribution is -0.114. The standard InChI is InChI=1S/C19H21N3O6S/c1-3-8-22-16(20)15(17(25)21-19(22)27)13(24)9-28-18(26)12-6-4-5-7-14(12)29-10-11(2)23/h4-7H,3,8-10,20H2,1-2H3,(H,21,25,27). The van der Waals surface area contributed by atoms with Gasteiger partial charge in [0, 0.05) is 11.4 Å². The number of nitrogens with one attached hydrogen (secondary N) is 1. The minimum absolute atomic E-state index is 0.0507. The first-order chi connectivity index (χ1) is 13.8. The quantitative estimate of drug-likeness (QED) is 0.351. The monoisotopic (exact) mass is 419 g/mol. The van der Waals surface area contributed by atoms with Crippen molar-refractivity contribution in [2.75, 3.05) is 18.1 Å². The van der Waals surface area contributed by atoms with Crippen LogP contribution in [0.3, 0.4) is 0 Å². The number of ether oxygens (including phenoxy) is 1. The fraction of sp³-hybridized carbons (Fsp3) is 0.316. The first-order valence-electron chi connectivity index (χ1n) is 8.80. The van der Waals surface area contributed by atoms with Crippen LogP contribution < -0.4 is 17.0 Å². The van der Waals surface area contributed by atoms with Gasteiger partial charge < -0.3 is 10.5 Å². The van der Waals surface area contributed by atoms with Gasteiger partial charge in [-0.25, -0.2) is 9.59 Å². The van der Waals surface area contributed by atoms with Crippen molar-refractivity contribution in [3.8, 4) is 0 Å². The number of rotatable bonds is 9. The van der Waals surface area contributed by atoms with E-state index in [0.29, 0.717) is 11.3 Å². The summed E-state index contributed by atoms with van der Waals surface area (Å²) < 4.78 is 6.14. The summed E-state index contributed by atoms with van der Waals surface area (Å²) in [6, 6.07) is 6.51. The van der Waals surface area contributed by atoms with Gasteiger partial charge in [0.1, 0.15) is 17.2 Å². The molecule has 0 saturated carbocycles. The van der Waals surface area contributed by atoms with Crippen LogP contribution in [-0.2, 0) is 16.1 Å². The molecule has 1 aromatic carbocycles. The van der Waals surface area contributed by atoms with Gasteiger partial charge in [0.05, 0.1) is 11.3 Å². The van der Waals surface area contributed by atoms with Gasteiger partial charge in [0.2, 0.25) is 5.78 Å². The number of carbonyl (C=O) groups excluding carboxylic acids is 3. The van der Waals surface area contributed by atoms with E-state index in [0.717, 1.165) is 4.57 Å². The Labute approximate surface area is 170 Å². The fourth-order valence-corrected chi connectivity index (χ4v) is 3.36. The first kappa shape index (κ1) is 22.2. The highest BCUT2D eigenvalue weighted by Crippen LogP contribution is 2.23. The summed E-state index contributed by atoms with van der Waals surface area (Å²) >= 11 is 1.18. The van der Waals surface area contributed by atoms with Crippen LogP contribution in [0.4, 0.5) is 5.82 Å². The van der Waals surface area contributed by atoms with E-state index in [1.54, 1.807) is 18.2 Å². The molecule has 0 unspecified atom stereocenters. The number of hydrogen-bond donors (Lipinski definition) is 2. The Kier molecular flexibility index (Phi) is 7.54. The average molecular weight is 419 g/mol. The smallest absolute Gasteiger partial charge is 0.339 e. The minimum Gasteiger partial charge on any atom is -0.454 e. The molecule has 29 heavy (non-hydrogen) atoms. The topological polar surface area (TPSA) is 141 Å². The highest BCUT2D eigenvalue weighted by Gasteiger charge is 2.21. The molecule has 0 radical (unpaired) electrons. The third kappa shape index (κ3) is 5.44. The van der Waals surface area contributed by atoms with Crippen molar-refractivity contribution in [3.05, 3.63) is 56.2 Å². The van der Waals surface area contributed by atoms with Gasteiger partial charge in [-0.2, -0.15) is 0 Å². The largest absolute Gasteiger partial charge is 0.454 e. The van der Waals surface area contributed by atoms with E-state index in [-0.39, 0.29) is 29.5 Å². The van der Waals surface area contributed by atoms with Crippen molar-refractivity contribution in [2.45, 2.75) is 31.7 Å². The van der Waals surface area contributed by atoms with Crippen LogP contribution in [0, 0.1) is 0 Å². The number of anilines is 1. The van der Waals surface area contributed by atoms with Crippen LogP contribution in [0.25, 0.3) is 0 Å². The van der Waals surface area contributed by atoms with E-state index in [9.17, 15) is 24.0 Å². The second-order valence-corrected chi connectivity index (χ2v) is 7.17. The molecule has 1 aromatic heterocycles. The van der Waals surface area contributed by atoms with Crippen LogP contribution in [0.2, 0.25) is 0 Å². The lowest BCUT2D eigenvalue weighted by atomic mass is 10.2. The molecular weight excluding hydrogens is 398 g/mol. The molecule has 0 atom stereocenters. The number of thioether (sulfide) groups is 1. The summed E-state index contributed by atoms with van der Waals surface area (Å²) in [6.45, 7) is 2.75. The number of ketones is 2. The highest BCUT2D eigenvalue weighted by molar-refractivity contribution is 8.00. The predicted octanol–water partition coefficient (Wildman–Crippen LogP) is 1.25. The van der Waals surface area contributed by atoms with Crippen LogP contribution in [0.1, 0.15) is 41.0 Å². The molecule has 0 amide bonds. The molecule has 1 heterocycles. The number of nitrogens with two attached hydrogens (primary N) is 1. The van der Waals surface area contributed by atoms with E-state index < -0.39 is 35.2 Å². The fourth-order valence-electron chi connectivity index (χ4n) is 2.52. The molecule has 0 spiro atoms. The van der Waals surface area contributed by atoms with E-state index in [4.69, 9.17) is 10.5 Å². The Hall–Kier alpha value is -3.14. The van der Waals surface area contributed by atoms with Crippen molar-refractivity contribution in [1.82, 2.24) is 9.55 Å². The molecular formula is C19H21N3O6S. The van der Waals surface area contributed by atoms with Crippen molar-refractivity contribution >= 4 is 35.1 Å². The molecule has 154 valence electrons. The Bertz CT molecular complexity index is 1060. The number of nitrogens with zero attached hydrogens (tertiary/aromatic N) is 1. The van der Waals surface area contributed by atoms with E-state index in [1.807, 2.05) is 11.9 Å². The zero-order valence-corrected chi connectivity index (χ0v) is 16.8. The van der Waals surface area contributed by atoms with Gasteiger partial charge in [0.25, 0.3) is 5.56 Å². The van der Waals surface area contributed by atoms with Crippen LogP contribution in [0.5, 0.6) is 0 Å². The summed E-state index contributed by atoms with van der Waals surface area (Å²) in [5.41, 5.74) is 3.96. The van der Waals surface area contributed by atoms with E-state index >= 15 is 0 Å².